The Balaban J connectivity index is 2.50. The first kappa shape index (κ1) is 14.3. The van der Waals surface area contributed by atoms with E-state index in [-0.39, 0.29) is 17.2 Å². The number of esters is 1. The van der Waals surface area contributed by atoms with Crippen molar-refractivity contribution < 1.29 is 14.6 Å². The van der Waals surface area contributed by atoms with Crippen LogP contribution in [0.2, 0.25) is 0 Å². The zero-order valence-electron chi connectivity index (χ0n) is 10.8. The van der Waals surface area contributed by atoms with E-state index in [0.717, 1.165) is 19.3 Å². The molecule has 18 heavy (non-hydrogen) atoms. The number of para-hydroxylation sites is 1. The normalized spacial score (nSPS) is 11.8. The maximum absolute atomic E-state index is 11.7. The molecule has 0 aliphatic heterocycles. The van der Waals surface area contributed by atoms with Crippen LogP contribution in [0.25, 0.3) is 0 Å². The molecule has 1 aromatic carbocycles. The fraction of sp³-hybridized carbons (Fsp3) is 0.400. The number of phenols is 1. The molecule has 1 aromatic rings. The first-order chi connectivity index (χ1) is 8.69. The highest BCUT2D eigenvalue weighted by Crippen LogP contribution is 2.18. The molecule has 0 radical (unpaired) electrons. The number of hydrogen-bond donors (Lipinski definition) is 1. The van der Waals surface area contributed by atoms with Crippen LogP contribution in [0.15, 0.2) is 36.9 Å². The van der Waals surface area contributed by atoms with Crippen molar-refractivity contribution in [2.75, 3.05) is 6.61 Å². The quantitative estimate of drug-likeness (QED) is 0.593. The summed E-state index contributed by atoms with van der Waals surface area (Å²) in [6.07, 6.45) is 4.98. The van der Waals surface area contributed by atoms with E-state index in [1.807, 2.05) is 6.08 Å². The van der Waals surface area contributed by atoms with Gasteiger partial charge in [0, 0.05) is 5.92 Å². The Morgan fingerprint density at radius 3 is 2.83 bits per heavy atom. The van der Waals surface area contributed by atoms with Crippen LogP contribution in [-0.4, -0.2) is 17.7 Å². The van der Waals surface area contributed by atoms with Gasteiger partial charge in [0.05, 0.1) is 6.61 Å². The molecular formula is C15H20O3. The van der Waals surface area contributed by atoms with E-state index in [1.165, 1.54) is 6.07 Å². The van der Waals surface area contributed by atoms with Crippen molar-refractivity contribution in [1.29, 1.82) is 0 Å². The van der Waals surface area contributed by atoms with Gasteiger partial charge in [-0.15, -0.1) is 6.58 Å². The molecule has 0 aliphatic rings. The first-order valence-electron chi connectivity index (χ1n) is 6.26. The highest BCUT2D eigenvalue weighted by atomic mass is 16.5. The molecule has 3 nitrogen and oxygen atoms in total. The number of aromatic hydroxyl groups is 1. The topological polar surface area (TPSA) is 46.5 Å². The third kappa shape index (κ3) is 4.24. The number of ether oxygens (including phenoxy) is 1. The van der Waals surface area contributed by atoms with Crippen molar-refractivity contribution >= 4 is 5.97 Å². The SMILES string of the molecule is C=CC(CCCC)COC(=O)c1ccccc1O. The Morgan fingerprint density at radius 1 is 1.50 bits per heavy atom. The van der Waals surface area contributed by atoms with Crippen LogP contribution < -0.4 is 0 Å². The minimum Gasteiger partial charge on any atom is -0.507 e. The maximum Gasteiger partial charge on any atom is 0.341 e. The molecule has 1 N–H and O–H groups in total. The van der Waals surface area contributed by atoms with Gasteiger partial charge in [0.25, 0.3) is 0 Å². The van der Waals surface area contributed by atoms with Crippen LogP contribution in [0.5, 0.6) is 5.75 Å². The lowest BCUT2D eigenvalue weighted by atomic mass is 10.0. The second kappa shape index (κ2) is 7.54. The molecule has 98 valence electrons. The van der Waals surface area contributed by atoms with Gasteiger partial charge in [0.15, 0.2) is 0 Å². The van der Waals surface area contributed by atoms with Gasteiger partial charge >= 0.3 is 5.97 Å². The Kier molecular flexibility index (Phi) is 5.98. The van der Waals surface area contributed by atoms with Crippen molar-refractivity contribution in [2.24, 2.45) is 5.92 Å². The van der Waals surface area contributed by atoms with Crippen molar-refractivity contribution in [1.82, 2.24) is 0 Å². The molecule has 0 heterocycles. The van der Waals surface area contributed by atoms with E-state index in [2.05, 4.69) is 13.5 Å². The fourth-order valence-electron chi connectivity index (χ4n) is 1.64. The van der Waals surface area contributed by atoms with Crippen LogP contribution in [0.3, 0.4) is 0 Å². The van der Waals surface area contributed by atoms with E-state index < -0.39 is 5.97 Å². The number of rotatable bonds is 7. The van der Waals surface area contributed by atoms with Gasteiger partial charge in [-0.05, 0) is 18.6 Å². The minimum absolute atomic E-state index is 0.0498. The summed E-state index contributed by atoms with van der Waals surface area (Å²) in [7, 11) is 0. The standard InChI is InChI=1S/C15H20O3/c1-3-5-8-12(4-2)11-18-15(17)13-9-6-7-10-14(13)16/h4,6-7,9-10,12,16H,2-3,5,8,11H2,1H3. The van der Waals surface area contributed by atoms with Crippen LogP contribution in [0, 0.1) is 5.92 Å². The summed E-state index contributed by atoms with van der Waals surface area (Å²) in [4.78, 5) is 11.7. The molecule has 0 fully saturated rings. The Labute approximate surface area is 108 Å². The number of phenolic OH excluding ortho intramolecular Hbond substituents is 1. The molecule has 0 bridgehead atoms. The smallest absolute Gasteiger partial charge is 0.341 e. The third-order valence-corrected chi connectivity index (χ3v) is 2.81. The monoisotopic (exact) mass is 248 g/mol. The van der Waals surface area contributed by atoms with Gasteiger partial charge in [-0.25, -0.2) is 4.79 Å². The number of benzene rings is 1. The molecule has 3 heteroatoms. The molecule has 1 atom stereocenters. The van der Waals surface area contributed by atoms with E-state index in [1.54, 1.807) is 18.2 Å². The van der Waals surface area contributed by atoms with Gasteiger partial charge in [0.2, 0.25) is 0 Å². The van der Waals surface area contributed by atoms with E-state index in [0.29, 0.717) is 6.61 Å². The molecule has 0 saturated carbocycles. The predicted molar refractivity (Wildman–Crippen MR) is 71.6 cm³/mol. The summed E-state index contributed by atoms with van der Waals surface area (Å²) in [5, 5.41) is 9.52. The molecule has 0 aromatic heterocycles. The van der Waals surface area contributed by atoms with Crippen molar-refractivity contribution in [3.05, 3.63) is 42.5 Å². The van der Waals surface area contributed by atoms with Crippen LogP contribution >= 0.6 is 0 Å². The van der Waals surface area contributed by atoms with Crippen molar-refractivity contribution in [2.45, 2.75) is 26.2 Å². The number of carbonyl (C=O) groups is 1. The summed E-state index contributed by atoms with van der Waals surface area (Å²) in [6, 6.07) is 6.38. The van der Waals surface area contributed by atoms with Gasteiger partial charge < -0.3 is 9.84 Å². The van der Waals surface area contributed by atoms with Gasteiger partial charge in [-0.1, -0.05) is 38.0 Å². The number of hydrogen-bond acceptors (Lipinski definition) is 3. The molecular weight excluding hydrogens is 228 g/mol. The first-order valence-corrected chi connectivity index (χ1v) is 6.26. The van der Waals surface area contributed by atoms with Gasteiger partial charge in [0.1, 0.15) is 11.3 Å². The second-order valence-corrected chi connectivity index (χ2v) is 4.25. The molecule has 1 unspecified atom stereocenters. The maximum atomic E-state index is 11.7. The minimum atomic E-state index is -0.489. The average Bonchev–Trinajstić information content (AvgIpc) is 2.39. The number of carbonyl (C=O) groups excluding carboxylic acids is 1. The Bertz CT molecular complexity index is 398. The summed E-state index contributed by atoms with van der Waals surface area (Å²) in [6.45, 7) is 6.18. The zero-order chi connectivity index (χ0) is 13.4. The Hall–Kier alpha value is -1.77. The van der Waals surface area contributed by atoms with Crippen LogP contribution in [0.4, 0.5) is 0 Å². The second-order valence-electron chi connectivity index (χ2n) is 4.25. The Morgan fingerprint density at radius 2 is 2.22 bits per heavy atom. The van der Waals surface area contributed by atoms with Gasteiger partial charge in [-0.3, -0.25) is 0 Å². The molecule has 0 aliphatic carbocycles. The van der Waals surface area contributed by atoms with Crippen molar-refractivity contribution in [3.63, 3.8) is 0 Å². The summed E-state index contributed by atoms with van der Waals surface area (Å²) >= 11 is 0. The summed E-state index contributed by atoms with van der Waals surface area (Å²) < 4.78 is 5.19. The molecule has 0 spiro atoms. The lowest BCUT2D eigenvalue weighted by molar-refractivity contribution is 0.0456. The van der Waals surface area contributed by atoms with Crippen molar-refractivity contribution in [3.8, 4) is 5.75 Å². The van der Waals surface area contributed by atoms with Gasteiger partial charge in [-0.2, -0.15) is 0 Å². The average molecular weight is 248 g/mol. The molecule has 0 amide bonds. The highest BCUT2D eigenvalue weighted by molar-refractivity contribution is 5.92. The van der Waals surface area contributed by atoms with E-state index in [9.17, 15) is 9.90 Å². The number of unbranched alkanes of at least 4 members (excludes halogenated alkanes) is 1. The fourth-order valence-corrected chi connectivity index (χ4v) is 1.64. The molecule has 1 rings (SSSR count). The van der Waals surface area contributed by atoms with E-state index in [4.69, 9.17) is 4.74 Å². The zero-order valence-corrected chi connectivity index (χ0v) is 10.8. The third-order valence-electron chi connectivity index (χ3n) is 2.81. The van der Waals surface area contributed by atoms with E-state index >= 15 is 0 Å². The highest BCUT2D eigenvalue weighted by Gasteiger charge is 2.13. The lowest BCUT2D eigenvalue weighted by Crippen LogP contribution is -2.13. The lowest BCUT2D eigenvalue weighted by Gasteiger charge is -2.12. The predicted octanol–water partition coefficient (Wildman–Crippen LogP) is 3.54. The molecule has 0 saturated heterocycles. The van der Waals surface area contributed by atoms with Crippen LogP contribution in [0.1, 0.15) is 36.5 Å². The summed E-state index contributed by atoms with van der Waals surface area (Å²) in [5.74, 6) is -0.359. The summed E-state index contributed by atoms with van der Waals surface area (Å²) in [5.41, 5.74) is 0.204. The largest absolute Gasteiger partial charge is 0.507 e. The van der Waals surface area contributed by atoms with Crippen LogP contribution in [-0.2, 0) is 4.74 Å².